The number of ether oxygens (including phenoxy) is 1. The summed E-state index contributed by atoms with van der Waals surface area (Å²) in [6.45, 7) is 11.2. The first kappa shape index (κ1) is 13.3. The number of amides is 1. The van der Waals surface area contributed by atoms with Crippen molar-refractivity contribution in [2.24, 2.45) is 17.6 Å². The number of likely N-dealkylation sites (tertiary alicyclic amines) is 1. The maximum absolute atomic E-state index is 11.8. The number of carbonyl (C=O) groups is 1. The summed E-state index contributed by atoms with van der Waals surface area (Å²) < 4.78 is 5.33. The highest BCUT2D eigenvalue weighted by molar-refractivity contribution is 5.68. The van der Waals surface area contributed by atoms with Gasteiger partial charge in [-0.05, 0) is 32.6 Å². The summed E-state index contributed by atoms with van der Waals surface area (Å²) in [4.78, 5) is 13.5. The number of rotatable bonds is 1. The fourth-order valence-corrected chi connectivity index (χ4v) is 2.04. The van der Waals surface area contributed by atoms with E-state index in [1.165, 1.54) is 0 Å². The molecular weight excluding hydrogens is 204 g/mol. The molecular formula is C12H24N2O2. The fourth-order valence-electron chi connectivity index (χ4n) is 2.04. The average Bonchev–Trinajstić information content (AvgIpc) is 2.44. The topological polar surface area (TPSA) is 55.6 Å². The van der Waals surface area contributed by atoms with Gasteiger partial charge in [0, 0.05) is 19.1 Å². The number of hydrogen-bond donors (Lipinski definition) is 1. The maximum Gasteiger partial charge on any atom is 0.410 e. The molecule has 16 heavy (non-hydrogen) atoms. The Morgan fingerprint density at radius 2 is 1.94 bits per heavy atom. The van der Waals surface area contributed by atoms with Gasteiger partial charge >= 0.3 is 6.09 Å². The van der Waals surface area contributed by atoms with Crippen LogP contribution in [0, 0.1) is 11.8 Å². The molecule has 1 aliphatic rings. The summed E-state index contributed by atoms with van der Waals surface area (Å²) in [5.74, 6) is 0.884. The van der Waals surface area contributed by atoms with Crippen molar-refractivity contribution in [1.82, 2.24) is 4.90 Å². The van der Waals surface area contributed by atoms with Gasteiger partial charge < -0.3 is 15.4 Å². The van der Waals surface area contributed by atoms with Gasteiger partial charge in [-0.2, -0.15) is 0 Å². The number of hydrogen-bond acceptors (Lipinski definition) is 3. The minimum atomic E-state index is -0.433. The van der Waals surface area contributed by atoms with Crippen molar-refractivity contribution < 1.29 is 9.53 Å². The molecule has 94 valence electrons. The Balaban J connectivity index is 2.55. The van der Waals surface area contributed by atoms with E-state index in [1.807, 2.05) is 20.8 Å². The summed E-state index contributed by atoms with van der Waals surface area (Å²) in [5.41, 5.74) is 5.59. The Bertz CT molecular complexity index is 258. The summed E-state index contributed by atoms with van der Waals surface area (Å²) >= 11 is 0. The van der Waals surface area contributed by atoms with Gasteiger partial charge in [0.1, 0.15) is 5.60 Å². The highest BCUT2D eigenvalue weighted by atomic mass is 16.6. The third-order valence-corrected chi connectivity index (χ3v) is 2.92. The molecule has 0 aromatic carbocycles. The van der Waals surface area contributed by atoms with E-state index in [0.29, 0.717) is 24.9 Å². The van der Waals surface area contributed by atoms with Crippen LogP contribution in [0.3, 0.4) is 0 Å². The van der Waals surface area contributed by atoms with E-state index in [4.69, 9.17) is 10.5 Å². The van der Waals surface area contributed by atoms with Crippen LogP contribution < -0.4 is 5.73 Å². The monoisotopic (exact) mass is 228 g/mol. The van der Waals surface area contributed by atoms with Gasteiger partial charge in [0.05, 0.1) is 0 Å². The number of nitrogens with zero attached hydrogens (tertiary/aromatic N) is 1. The number of nitrogens with two attached hydrogens (primary N) is 1. The lowest BCUT2D eigenvalue weighted by atomic mass is 9.92. The van der Waals surface area contributed by atoms with Crippen molar-refractivity contribution in [1.29, 1.82) is 0 Å². The standard InChI is InChI=1S/C12H24N2O2/c1-8(2)9-6-14(7-10(9)13)11(15)16-12(3,4)5/h8-10H,6-7,13H2,1-5H3. The molecule has 0 spiro atoms. The summed E-state index contributed by atoms with van der Waals surface area (Å²) in [6, 6.07) is 0.0764. The van der Waals surface area contributed by atoms with Gasteiger partial charge in [0.15, 0.2) is 0 Å². The zero-order valence-corrected chi connectivity index (χ0v) is 11.0. The second-order valence-corrected chi connectivity index (χ2v) is 5.96. The second kappa shape index (κ2) is 4.62. The van der Waals surface area contributed by atoms with Crippen LogP contribution in [0.4, 0.5) is 4.79 Å². The van der Waals surface area contributed by atoms with Crippen LogP contribution in [0.25, 0.3) is 0 Å². The molecule has 2 atom stereocenters. The van der Waals surface area contributed by atoms with Crippen LogP contribution in [0.2, 0.25) is 0 Å². The predicted octanol–water partition coefficient (Wildman–Crippen LogP) is 1.84. The van der Waals surface area contributed by atoms with Crippen molar-refractivity contribution in [2.45, 2.75) is 46.3 Å². The number of carbonyl (C=O) groups excluding carboxylic acids is 1. The van der Waals surface area contributed by atoms with Crippen molar-refractivity contribution in [3.63, 3.8) is 0 Å². The van der Waals surface area contributed by atoms with Crippen molar-refractivity contribution in [2.75, 3.05) is 13.1 Å². The molecule has 2 N–H and O–H groups in total. The van der Waals surface area contributed by atoms with Crippen LogP contribution in [0.5, 0.6) is 0 Å². The summed E-state index contributed by atoms with van der Waals surface area (Å²) in [7, 11) is 0. The summed E-state index contributed by atoms with van der Waals surface area (Å²) in [6.07, 6.45) is -0.244. The van der Waals surface area contributed by atoms with E-state index in [-0.39, 0.29) is 12.1 Å². The molecule has 1 saturated heterocycles. The smallest absolute Gasteiger partial charge is 0.410 e. The molecule has 4 heteroatoms. The molecule has 0 radical (unpaired) electrons. The first-order valence-electron chi connectivity index (χ1n) is 5.94. The van der Waals surface area contributed by atoms with Crippen LogP contribution in [-0.4, -0.2) is 35.7 Å². The van der Waals surface area contributed by atoms with Gasteiger partial charge in [0.25, 0.3) is 0 Å². The Morgan fingerprint density at radius 1 is 1.38 bits per heavy atom. The van der Waals surface area contributed by atoms with Gasteiger partial charge in [0.2, 0.25) is 0 Å². The largest absolute Gasteiger partial charge is 0.444 e. The molecule has 0 bridgehead atoms. The lowest BCUT2D eigenvalue weighted by molar-refractivity contribution is 0.0284. The molecule has 1 rings (SSSR count). The molecule has 4 nitrogen and oxygen atoms in total. The Morgan fingerprint density at radius 3 is 2.31 bits per heavy atom. The van der Waals surface area contributed by atoms with Gasteiger partial charge in [-0.25, -0.2) is 4.79 Å². The zero-order valence-electron chi connectivity index (χ0n) is 11.0. The first-order valence-corrected chi connectivity index (χ1v) is 5.94. The summed E-state index contributed by atoms with van der Waals surface area (Å²) in [5, 5.41) is 0. The Labute approximate surface area is 98.1 Å². The van der Waals surface area contributed by atoms with E-state index >= 15 is 0 Å². The SMILES string of the molecule is CC(C)C1CN(C(=O)OC(C)(C)C)CC1N. The van der Waals surface area contributed by atoms with E-state index in [1.54, 1.807) is 4.90 Å². The quantitative estimate of drug-likeness (QED) is 0.745. The second-order valence-electron chi connectivity index (χ2n) is 5.96. The highest BCUT2D eigenvalue weighted by Crippen LogP contribution is 2.24. The van der Waals surface area contributed by atoms with Gasteiger partial charge in [-0.15, -0.1) is 0 Å². The van der Waals surface area contributed by atoms with Gasteiger partial charge in [-0.1, -0.05) is 13.8 Å². The lowest BCUT2D eigenvalue weighted by Crippen LogP contribution is -2.36. The molecule has 1 heterocycles. The predicted molar refractivity (Wildman–Crippen MR) is 64.1 cm³/mol. The van der Waals surface area contributed by atoms with E-state index in [0.717, 1.165) is 0 Å². The normalized spacial score (nSPS) is 26.3. The third-order valence-electron chi connectivity index (χ3n) is 2.92. The van der Waals surface area contributed by atoms with Crippen molar-refractivity contribution in [3.8, 4) is 0 Å². The average molecular weight is 228 g/mol. The van der Waals surface area contributed by atoms with Crippen LogP contribution in [0.1, 0.15) is 34.6 Å². The lowest BCUT2D eigenvalue weighted by Gasteiger charge is -2.24. The Hall–Kier alpha value is -0.770. The molecule has 1 fully saturated rings. The molecule has 0 aromatic heterocycles. The van der Waals surface area contributed by atoms with Gasteiger partial charge in [-0.3, -0.25) is 0 Å². The van der Waals surface area contributed by atoms with Crippen molar-refractivity contribution >= 4 is 6.09 Å². The van der Waals surface area contributed by atoms with E-state index in [2.05, 4.69) is 13.8 Å². The molecule has 2 unspecified atom stereocenters. The van der Waals surface area contributed by atoms with Crippen LogP contribution >= 0.6 is 0 Å². The maximum atomic E-state index is 11.8. The van der Waals surface area contributed by atoms with E-state index < -0.39 is 5.60 Å². The molecule has 0 saturated carbocycles. The minimum Gasteiger partial charge on any atom is -0.444 e. The molecule has 1 aliphatic heterocycles. The Kier molecular flexibility index (Phi) is 3.84. The van der Waals surface area contributed by atoms with E-state index in [9.17, 15) is 4.79 Å². The minimum absolute atomic E-state index is 0.0764. The third kappa shape index (κ3) is 3.37. The fraction of sp³-hybridized carbons (Fsp3) is 0.917. The zero-order chi connectivity index (χ0) is 12.5. The molecule has 0 aromatic rings. The van der Waals surface area contributed by atoms with Crippen LogP contribution in [0.15, 0.2) is 0 Å². The molecule has 1 amide bonds. The van der Waals surface area contributed by atoms with Crippen molar-refractivity contribution in [3.05, 3.63) is 0 Å². The van der Waals surface area contributed by atoms with Crippen LogP contribution in [-0.2, 0) is 4.74 Å². The first-order chi connectivity index (χ1) is 7.20. The molecule has 0 aliphatic carbocycles. The highest BCUT2D eigenvalue weighted by Gasteiger charge is 2.36.